The summed E-state index contributed by atoms with van der Waals surface area (Å²) in [4.78, 5) is 20.6. The molecular formula is C10H10O4. The Morgan fingerprint density at radius 2 is 2.07 bits per heavy atom. The average Bonchev–Trinajstić information content (AvgIpc) is 2.18. The summed E-state index contributed by atoms with van der Waals surface area (Å²) in [5, 5.41) is 8.68. The second-order valence-electron chi connectivity index (χ2n) is 2.75. The molecule has 0 aliphatic rings. The molecule has 0 radical (unpaired) electrons. The van der Waals surface area contributed by atoms with Crippen LogP contribution in [0.1, 0.15) is 5.56 Å². The van der Waals surface area contributed by atoms with Gasteiger partial charge in [0.1, 0.15) is 0 Å². The molecule has 0 amide bonds. The molecule has 0 aliphatic carbocycles. The maximum Gasteiger partial charge on any atom is 0.345 e. The standard InChI is InChI=1S/C10H10O4/c11-7-14-9(10(12)13)6-8-4-2-1-3-5-8/h1-5,7,9H,6H2,(H,12,13)/t9-/m0/s1. The van der Waals surface area contributed by atoms with E-state index in [-0.39, 0.29) is 12.9 Å². The number of ether oxygens (including phenoxy) is 1. The van der Waals surface area contributed by atoms with E-state index in [0.717, 1.165) is 5.56 Å². The van der Waals surface area contributed by atoms with Gasteiger partial charge in [-0.05, 0) is 5.56 Å². The van der Waals surface area contributed by atoms with E-state index in [1.165, 1.54) is 0 Å². The summed E-state index contributed by atoms with van der Waals surface area (Å²) in [7, 11) is 0. The highest BCUT2D eigenvalue weighted by molar-refractivity contribution is 5.74. The van der Waals surface area contributed by atoms with Crippen LogP contribution in [-0.2, 0) is 20.7 Å². The first kappa shape index (κ1) is 10.2. The quantitative estimate of drug-likeness (QED) is 0.706. The molecular weight excluding hydrogens is 184 g/mol. The Hall–Kier alpha value is -1.84. The van der Waals surface area contributed by atoms with Crippen molar-refractivity contribution in [2.75, 3.05) is 0 Å². The third-order valence-corrected chi connectivity index (χ3v) is 1.76. The summed E-state index contributed by atoms with van der Waals surface area (Å²) in [6, 6.07) is 9.00. The minimum Gasteiger partial charge on any atom is -0.478 e. The van der Waals surface area contributed by atoms with Gasteiger partial charge in [-0.3, -0.25) is 4.79 Å². The first-order valence-corrected chi connectivity index (χ1v) is 4.10. The van der Waals surface area contributed by atoms with Gasteiger partial charge in [0.2, 0.25) is 6.10 Å². The molecule has 0 saturated carbocycles. The molecule has 0 spiro atoms. The van der Waals surface area contributed by atoms with E-state index >= 15 is 0 Å². The Bertz CT molecular complexity index is 307. The van der Waals surface area contributed by atoms with Crippen molar-refractivity contribution in [3.8, 4) is 0 Å². The van der Waals surface area contributed by atoms with Crippen LogP contribution in [0.25, 0.3) is 0 Å². The Kier molecular flexibility index (Phi) is 3.67. The Morgan fingerprint density at radius 3 is 2.57 bits per heavy atom. The van der Waals surface area contributed by atoms with Crippen molar-refractivity contribution < 1.29 is 19.4 Å². The fraction of sp³-hybridized carbons (Fsp3) is 0.200. The van der Waals surface area contributed by atoms with Crippen LogP contribution in [-0.4, -0.2) is 23.7 Å². The van der Waals surface area contributed by atoms with Crippen LogP contribution in [0.5, 0.6) is 0 Å². The van der Waals surface area contributed by atoms with Gasteiger partial charge >= 0.3 is 5.97 Å². The van der Waals surface area contributed by atoms with Crippen molar-refractivity contribution in [2.45, 2.75) is 12.5 Å². The second kappa shape index (κ2) is 5.01. The molecule has 0 aliphatic heterocycles. The van der Waals surface area contributed by atoms with Crippen molar-refractivity contribution in [1.82, 2.24) is 0 Å². The van der Waals surface area contributed by atoms with E-state index in [1.54, 1.807) is 24.3 Å². The summed E-state index contributed by atoms with van der Waals surface area (Å²) in [5.74, 6) is -1.14. The molecule has 0 aromatic heterocycles. The van der Waals surface area contributed by atoms with Crippen molar-refractivity contribution in [3.05, 3.63) is 35.9 Å². The van der Waals surface area contributed by atoms with Crippen LogP contribution in [0, 0.1) is 0 Å². The van der Waals surface area contributed by atoms with Crippen LogP contribution in [0.15, 0.2) is 30.3 Å². The normalized spacial score (nSPS) is 11.7. The minimum atomic E-state index is -1.14. The summed E-state index contributed by atoms with van der Waals surface area (Å²) < 4.78 is 4.43. The number of hydrogen-bond acceptors (Lipinski definition) is 3. The van der Waals surface area contributed by atoms with E-state index in [4.69, 9.17) is 5.11 Å². The first-order valence-electron chi connectivity index (χ1n) is 4.10. The van der Waals surface area contributed by atoms with Gasteiger partial charge in [0.15, 0.2) is 0 Å². The fourth-order valence-corrected chi connectivity index (χ4v) is 1.09. The molecule has 0 bridgehead atoms. The predicted octanol–water partition coefficient (Wildman–Crippen LogP) is 0.855. The lowest BCUT2D eigenvalue weighted by Crippen LogP contribution is -2.25. The summed E-state index contributed by atoms with van der Waals surface area (Å²) in [6.07, 6.45) is -0.913. The molecule has 1 atom stereocenters. The van der Waals surface area contributed by atoms with Gasteiger partial charge in [-0.2, -0.15) is 0 Å². The zero-order valence-corrected chi connectivity index (χ0v) is 7.42. The number of rotatable bonds is 5. The van der Waals surface area contributed by atoms with Crippen LogP contribution >= 0.6 is 0 Å². The van der Waals surface area contributed by atoms with Gasteiger partial charge in [-0.1, -0.05) is 30.3 Å². The van der Waals surface area contributed by atoms with Gasteiger partial charge in [0, 0.05) is 6.42 Å². The molecule has 1 N–H and O–H groups in total. The monoisotopic (exact) mass is 194 g/mol. The molecule has 74 valence electrons. The maximum absolute atomic E-state index is 10.6. The lowest BCUT2D eigenvalue weighted by Gasteiger charge is -2.09. The molecule has 1 rings (SSSR count). The number of benzene rings is 1. The Labute approximate surface area is 81.1 Å². The maximum atomic E-state index is 10.6. The molecule has 4 nitrogen and oxygen atoms in total. The van der Waals surface area contributed by atoms with E-state index < -0.39 is 12.1 Å². The number of carbonyl (C=O) groups is 2. The highest BCUT2D eigenvalue weighted by Gasteiger charge is 2.18. The Morgan fingerprint density at radius 1 is 1.43 bits per heavy atom. The fourth-order valence-electron chi connectivity index (χ4n) is 1.09. The van der Waals surface area contributed by atoms with Crippen molar-refractivity contribution >= 4 is 12.4 Å². The summed E-state index contributed by atoms with van der Waals surface area (Å²) >= 11 is 0. The third-order valence-electron chi connectivity index (χ3n) is 1.76. The summed E-state index contributed by atoms with van der Waals surface area (Å²) in [6.45, 7) is 0.154. The van der Waals surface area contributed by atoms with E-state index in [2.05, 4.69) is 4.74 Å². The predicted molar refractivity (Wildman–Crippen MR) is 48.7 cm³/mol. The zero-order chi connectivity index (χ0) is 10.4. The van der Waals surface area contributed by atoms with Crippen molar-refractivity contribution in [1.29, 1.82) is 0 Å². The second-order valence-corrected chi connectivity index (χ2v) is 2.75. The van der Waals surface area contributed by atoms with Crippen molar-refractivity contribution in [2.24, 2.45) is 0 Å². The zero-order valence-electron chi connectivity index (χ0n) is 7.42. The number of carboxylic acid groups (broad SMARTS) is 1. The average molecular weight is 194 g/mol. The molecule has 0 heterocycles. The number of carboxylic acids is 1. The Balaban J connectivity index is 2.64. The van der Waals surface area contributed by atoms with Gasteiger partial charge < -0.3 is 9.84 Å². The smallest absolute Gasteiger partial charge is 0.345 e. The van der Waals surface area contributed by atoms with Crippen LogP contribution in [0.3, 0.4) is 0 Å². The number of carbonyl (C=O) groups excluding carboxylic acids is 1. The van der Waals surface area contributed by atoms with Crippen LogP contribution < -0.4 is 0 Å². The highest BCUT2D eigenvalue weighted by Crippen LogP contribution is 2.05. The molecule has 0 fully saturated rings. The largest absolute Gasteiger partial charge is 0.478 e. The van der Waals surface area contributed by atoms with Crippen LogP contribution in [0.4, 0.5) is 0 Å². The van der Waals surface area contributed by atoms with Gasteiger partial charge in [-0.25, -0.2) is 4.79 Å². The van der Waals surface area contributed by atoms with Gasteiger partial charge in [0.25, 0.3) is 6.47 Å². The first-order chi connectivity index (χ1) is 6.74. The van der Waals surface area contributed by atoms with E-state index in [0.29, 0.717) is 0 Å². The lowest BCUT2D eigenvalue weighted by molar-refractivity contribution is -0.156. The topological polar surface area (TPSA) is 63.6 Å². The summed E-state index contributed by atoms with van der Waals surface area (Å²) in [5.41, 5.74) is 0.821. The van der Waals surface area contributed by atoms with E-state index in [1.807, 2.05) is 6.07 Å². The molecule has 1 aromatic carbocycles. The van der Waals surface area contributed by atoms with Crippen LogP contribution in [0.2, 0.25) is 0 Å². The molecule has 4 heteroatoms. The number of aliphatic carboxylic acids is 1. The highest BCUT2D eigenvalue weighted by atomic mass is 16.5. The molecule has 0 unspecified atom stereocenters. The SMILES string of the molecule is O=CO[C@@H](Cc1ccccc1)C(=O)O. The van der Waals surface area contributed by atoms with Gasteiger partial charge in [-0.15, -0.1) is 0 Å². The van der Waals surface area contributed by atoms with Crippen molar-refractivity contribution in [3.63, 3.8) is 0 Å². The minimum absolute atomic E-state index is 0.154. The molecule has 1 aromatic rings. The van der Waals surface area contributed by atoms with Gasteiger partial charge in [0.05, 0.1) is 0 Å². The van der Waals surface area contributed by atoms with E-state index in [9.17, 15) is 9.59 Å². The molecule has 14 heavy (non-hydrogen) atoms. The number of hydrogen-bond donors (Lipinski definition) is 1. The third kappa shape index (κ3) is 2.90. The molecule has 0 saturated heterocycles. The lowest BCUT2D eigenvalue weighted by atomic mass is 10.1.